The first-order chi connectivity index (χ1) is 9.81. The predicted molar refractivity (Wildman–Crippen MR) is 75.1 cm³/mol. The van der Waals surface area contributed by atoms with Crippen molar-refractivity contribution >= 4 is 22.7 Å². The van der Waals surface area contributed by atoms with Crippen LogP contribution in [-0.2, 0) is 13.0 Å². The first kappa shape index (κ1) is 11.2. The molecule has 100 valence electrons. The van der Waals surface area contributed by atoms with E-state index in [1.165, 1.54) is 17.5 Å². The van der Waals surface area contributed by atoms with E-state index in [4.69, 9.17) is 5.73 Å². The quantitative estimate of drug-likeness (QED) is 0.679. The molecule has 0 aliphatic carbocycles. The summed E-state index contributed by atoms with van der Waals surface area (Å²) in [6.45, 7) is 1.67. The summed E-state index contributed by atoms with van der Waals surface area (Å²) in [5, 5.41) is 8.08. The Balaban J connectivity index is 1.73. The van der Waals surface area contributed by atoms with Gasteiger partial charge >= 0.3 is 0 Å². The van der Waals surface area contributed by atoms with Gasteiger partial charge < -0.3 is 10.6 Å². The van der Waals surface area contributed by atoms with Crippen molar-refractivity contribution in [3.8, 4) is 0 Å². The number of hydrogen-bond acceptors (Lipinski definition) is 6. The number of anilines is 2. The van der Waals surface area contributed by atoms with Gasteiger partial charge in [-0.3, -0.25) is 5.10 Å². The fourth-order valence-electron chi connectivity index (χ4n) is 2.68. The molecular formula is C13H13N7. The van der Waals surface area contributed by atoms with E-state index in [2.05, 4.69) is 30.0 Å². The summed E-state index contributed by atoms with van der Waals surface area (Å²) in [7, 11) is 0. The number of nitrogen functional groups attached to an aromatic ring is 1. The highest BCUT2D eigenvalue weighted by Crippen LogP contribution is 2.27. The number of nitrogens with zero attached hydrogens (tertiary/aromatic N) is 5. The molecule has 4 heterocycles. The molecule has 7 heteroatoms. The smallest absolute Gasteiger partial charge is 0.155 e. The molecule has 3 aromatic heterocycles. The van der Waals surface area contributed by atoms with E-state index < -0.39 is 0 Å². The summed E-state index contributed by atoms with van der Waals surface area (Å²) < 4.78 is 0. The minimum absolute atomic E-state index is 0.490. The molecule has 0 atom stereocenters. The lowest BCUT2D eigenvalue weighted by Gasteiger charge is -2.29. The Hall–Kier alpha value is -2.70. The monoisotopic (exact) mass is 267 g/mol. The van der Waals surface area contributed by atoms with Crippen LogP contribution in [-0.4, -0.2) is 31.7 Å². The third-order valence-corrected chi connectivity index (χ3v) is 3.67. The standard InChI is InChI=1S/C13H13N7/c14-11-3-12(17-7-16-11)20-2-1-9-8(6-20)4-15-13-10(9)5-18-19-13/h3-5,7H,1-2,6H2,(H2,14,16,17)(H,15,18,19). The van der Waals surface area contributed by atoms with E-state index in [9.17, 15) is 0 Å². The van der Waals surface area contributed by atoms with Gasteiger partial charge in [0, 0.05) is 30.7 Å². The Morgan fingerprint density at radius 3 is 3.05 bits per heavy atom. The van der Waals surface area contributed by atoms with Crippen molar-refractivity contribution in [1.29, 1.82) is 0 Å². The van der Waals surface area contributed by atoms with Gasteiger partial charge in [-0.25, -0.2) is 15.0 Å². The van der Waals surface area contributed by atoms with E-state index in [0.717, 1.165) is 36.4 Å². The summed E-state index contributed by atoms with van der Waals surface area (Å²) >= 11 is 0. The second-order valence-corrected chi connectivity index (χ2v) is 4.87. The highest BCUT2D eigenvalue weighted by atomic mass is 15.2. The second kappa shape index (κ2) is 4.16. The van der Waals surface area contributed by atoms with E-state index in [-0.39, 0.29) is 0 Å². The van der Waals surface area contributed by atoms with Crippen molar-refractivity contribution in [3.63, 3.8) is 0 Å². The van der Waals surface area contributed by atoms with Crippen LogP contribution in [0, 0.1) is 0 Å². The number of fused-ring (bicyclic) bond motifs is 3. The van der Waals surface area contributed by atoms with Crippen molar-refractivity contribution in [1.82, 2.24) is 25.1 Å². The molecule has 3 aromatic rings. The van der Waals surface area contributed by atoms with Crippen molar-refractivity contribution in [3.05, 3.63) is 35.9 Å². The van der Waals surface area contributed by atoms with Crippen molar-refractivity contribution in [2.24, 2.45) is 0 Å². The van der Waals surface area contributed by atoms with Crippen molar-refractivity contribution < 1.29 is 0 Å². The van der Waals surface area contributed by atoms with E-state index in [0.29, 0.717) is 5.82 Å². The Morgan fingerprint density at radius 1 is 1.20 bits per heavy atom. The number of pyridine rings is 1. The van der Waals surface area contributed by atoms with Gasteiger partial charge in [-0.05, 0) is 17.5 Å². The Bertz CT molecular complexity index is 779. The molecule has 0 fully saturated rings. The maximum atomic E-state index is 5.72. The number of nitrogens with one attached hydrogen (secondary N) is 1. The summed E-state index contributed by atoms with van der Waals surface area (Å²) in [4.78, 5) is 14.8. The van der Waals surface area contributed by atoms with Gasteiger partial charge in [-0.15, -0.1) is 0 Å². The van der Waals surface area contributed by atoms with Gasteiger partial charge in [0.1, 0.15) is 18.0 Å². The Kier molecular flexibility index (Phi) is 2.32. The summed E-state index contributed by atoms with van der Waals surface area (Å²) in [5.74, 6) is 1.35. The normalized spacial score (nSPS) is 14.5. The molecule has 20 heavy (non-hydrogen) atoms. The molecule has 1 aliphatic heterocycles. The molecule has 0 unspecified atom stereocenters. The van der Waals surface area contributed by atoms with Crippen LogP contribution in [0.2, 0.25) is 0 Å². The molecule has 0 spiro atoms. The van der Waals surface area contributed by atoms with Crippen LogP contribution in [0.15, 0.2) is 24.8 Å². The van der Waals surface area contributed by atoms with Gasteiger partial charge in [0.2, 0.25) is 0 Å². The molecule has 0 aromatic carbocycles. The summed E-state index contributed by atoms with van der Waals surface area (Å²) in [5.41, 5.74) is 9.10. The van der Waals surface area contributed by atoms with Crippen LogP contribution in [0.5, 0.6) is 0 Å². The van der Waals surface area contributed by atoms with Crippen LogP contribution in [0.25, 0.3) is 11.0 Å². The minimum Gasteiger partial charge on any atom is -0.384 e. The number of aromatic amines is 1. The maximum Gasteiger partial charge on any atom is 0.155 e. The Morgan fingerprint density at radius 2 is 2.15 bits per heavy atom. The molecular weight excluding hydrogens is 254 g/mol. The SMILES string of the molecule is Nc1cc(N2CCc3c(cnc4[nH]ncc34)C2)ncn1. The van der Waals surface area contributed by atoms with Gasteiger partial charge in [0.25, 0.3) is 0 Å². The molecule has 0 amide bonds. The van der Waals surface area contributed by atoms with Crippen LogP contribution >= 0.6 is 0 Å². The van der Waals surface area contributed by atoms with Crippen LogP contribution < -0.4 is 10.6 Å². The number of H-pyrrole nitrogens is 1. The molecule has 0 radical (unpaired) electrons. The molecule has 0 bridgehead atoms. The van der Waals surface area contributed by atoms with E-state index in [1.807, 2.05) is 12.4 Å². The molecule has 0 saturated heterocycles. The van der Waals surface area contributed by atoms with E-state index in [1.54, 1.807) is 6.07 Å². The van der Waals surface area contributed by atoms with Gasteiger partial charge in [0.05, 0.1) is 6.20 Å². The molecule has 0 saturated carbocycles. The lowest BCUT2D eigenvalue weighted by atomic mass is 9.99. The highest BCUT2D eigenvalue weighted by molar-refractivity contribution is 5.79. The van der Waals surface area contributed by atoms with Gasteiger partial charge in [-0.2, -0.15) is 5.10 Å². The maximum absolute atomic E-state index is 5.72. The van der Waals surface area contributed by atoms with Crippen LogP contribution in [0.1, 0.15) is 11.1 Å². The zero-order chi connectivity index (χ0) is 13.5. The topological polar surface area (TPSA) is 96.6 Å². The lowest BCUT2D eigenvalue weighted by Crippen LogP contribution is -2.31. The lowest BCUT2D eigenvalue weighted by molar-refractivity contribution is 0.721. The average Bonchev–Trinajstić information content (AvgIpc) is 2.95. The first-order valence-corrected chi connectivity index (χ1v) is 6.43. The number of rotatable bonds is 1. The zero-order valence-electron chi connectivity index (χ0n) is 10.7. The van der Waals surface area contributed by atoms with Crippen molar-refractivity contribution in [2.45, 2.75) is 13.0 Å². The summed E-state index contributed by atoms with van der Waals surface area (Å²) in [6.07, 6.45) is 6.20. The predicted octanol–water partition coefficient (Wildman–Crippen LogP) is 0.893. The number of nitrogens with two attached hydrogens (primary N) is 1. The van der Waals surface area contributed by atoms with Gasteiger partial charge in [-0.1, -0.05) is 0 Å². The minimum atomic E-state index is 0.490. The highest BCUT2D eigenvalue weighted by Gasteiger charge is 2.20. The van der Waals surface area contributed by atoms with E-state index >= 15 is 0 Å². The first-order valence-electron chi connectivity index (χ1n) is 6.43. The number of hydrogen-bond donors (Lipinski definition) is 2. The fourth-order valence-corrected chi connectivity index (χ4v) is 2.68. The molecule has 1 aliphatic rings. The zero-order valence-corrected chi connectivity index (χ0v) is 10.7. The Labute approximate surface area is 114 Å². The molecule has 4 rings (SSSR count). The largest absolute Gasteiger partial charge is 0.384 e. The average molecular weight is 267 g/mol. The van der Waals surface area contributed by atoms with Crippen LogP contribution in [0.3, 0.4) is 0 Å². The summed E-state index contributed by atoms with van der Waals surface area (Å²) in [6, 6.07) is 1.80. The van der Waals surface area contributed by atoms with Gasteiger partial charge in [0.15, 0.2) is 5.65 Å². The van der Waals surface area contributed by atoms with Crippen molar-refractivity contribution in [2.75, 3.05) is 17.2 Å². The fraction of sp³-hybridized carbons (Fsp3) is 0.231. The molecule has 3 N–H and O–H groups in total. The molecule has 7 nitrogen and oxygen atoms in total. The second-order valence-electron chi connectivity index (χ2n) is 4.87. The van der Waals surface area contributed by atoms with Crippen LogP contribution in [0.4, 0.5) is 11.6 Å². The third kappa shape index (κ3) is 1.67. The number of aromatic nitrogens is 5. The third-order valence-electron chi connectivity index (χ3n) is 3.67.